The van der Waals surface area contributed by atoms with Gasteiger partial charge in [0.25, 0.3) is 0 Å². The monoisotopic (exact) mass is 645 g/mol. The fraction of sp³-hybridized carbons (Fsp3) is 0.485. The van der Waals surface area contributed by atoms with Gasteiger partial charge in [0.2, 0.25) is 10.0 Å². The molecule has 5 rings (SSSR count). The lowest BCUT2D eigenvalue weighted by Gasteiger charge is -2.35. The largest absolute Gasteiger partial charge is 0.497 e. The topological polar surface area (TPSA) is 99.2 Å². The highest BCUT2D eigenvalue weighted by atomic mass is 32.2. The van der Waals surface area contributed by atoms with Crippen LogP contribution in [0.2, 0.25) is 0 Å². The van der Waals surface area contributed by atoms with Gasteiger partial charge in [-0.25, -0.2) is 26.9 Å². The van der Waals surface area contributed by atoms with Crippen LogP contribution in [0.1, 0.15) is 49.1 Å². The molecular weight excluding hydrogens is 604 g/mol. The molecule has 0 spiro atoms. The summed E-state index contributed by atoms with van der Waals surface area (Å²) in [4.78, 5) is 6.36. The summed E-state index contributed by atoms with van der Waals surface area (Å²) in [6.45, 7) is 0.664. The van der Waals surface area contributed by atoms with Crippen LogP contribution < -0.4 is 19.1 Å². The molecule has 0 bridgehead atoms. The quantitative estimate of drug-likeness (QED) is 0.271. The first kappa shape index (κ1) is 33.1. The van der Waals surface area contributed by atoms with Crippen molar-refractivity contribution in [3.8, 4) is 11.5 Å². The van der Waals surface area contributed by atoms with Crippen molar-refractivity contribution in [2.24, 2.45) is 0 Å². The molecule has 12 heteroatoms. The zero-order valence-corrected chi connectivity index (χ0v) is 26.6. The Morgan fingerprint density at radius 1 is 1.00 bits per heavy atom. The Hall–Kier alpha value is -3.32. The van der Waals surface area contributed by atoms with E-state index < -0.39 is 27.9 Å². The van der Waals surface area contributed by atoms with Gasteiger partial charge in [0.15, 0.2) is 11.6 Å². The molecule has 3 aromatic rings. The van der Waals surface area contributed by atoms with Gasteiger partial charge in [0.05, 0.1) is 51.0 Å². The Bertz CT molecular complexity index is 1520. The van der Waals surface area contributed by atoms with Crippen molar-refractivity contribution in [2.75, 3.05) is 38.6 Å². The highest BCUT2D eigenvalue weighted by molar-refractivity contribution is 7.88. The third kappa shape index (κ3) is 8.69. The van der Waals surface area contributed by atoms with Crippen LogP contribution in [0.4, 0.5) is 14.6 Å². The van der Waals surface area contributed by atoms with E-state index in [1.165, 1.54) is 6.07 Å². The second-order valence-electron chi connectivity index (χ2n) is 11.8. The van der Waals surface area contributed by atoms with Crippen LogP contribution in [-0.4, -0.2) is 71.3 Å². The van der Waals surface area contributed by atoms with Crippen molar-refractivity contribution in [3.63, 3.8) is 0 Å². The number of nitrogens with one attached hydrogen (secondary N) is 1. The van der Waals surface area contributed by atoms with Crippen LogP contribution in [-0.2, 0) is 26.1 Å². The van der Waals surface area contributed by atoms with Crippen molar-refractivity contribution in [3.05, 3.63) is 83.6 Å². The molecule has 2 heterocycles. The third-order valence-electron chi connectivity index (χ3n) is 8.59. The Kier molecular flexibility index (Phi) is 10.9. The van der Waals surface area contributed by atoms with Crippen LogP contribution in [0, 0.1) is 11.6 Å². The first-order valence-corrected chi connectivity index (χ1v) is 17.1. The van der Waals surface area contributed by atoms with Crippen LogP contribution in [0.5, 0.6) is 11.5 Å². The smallest absolute Gasteiger partial charge is 0.209 e. The molecule has 0 unspecified atom stereocenters. The number of ether oxygens (including phenoxy) is 4. The highest BCUT2D eigenvalue weighted by Crippen LogP contribution is 2.37. The lowest BCUT2D eigenvalue weighted by Crippen LogP contribution is -2.49. The number of nitrogens with zero attached hydrogens (tertiary/aromatic N) is 2. The summed E-state index contributed by atoms with van der Waals surface area (Å²) < 4.78 is 79.2. The van der Waals surface area contributed by atoms with E-state index in [0.717, 1.165) is 49.3 Å². The second-order valence-corrected chi connectivity index (χ2v) is 13.6. The van der Waals surface area contributed by atoms with Gasteiger partial charge >= 0.3 is 0 Å². The van der Waals surface area contributed by atoms with E-state index in [1.807, 2.05) is 23.1 Å². The molecule has 2 fully saturated rings. The molecule has 1 aromatic heterocycles. The second kappa shape index (κ2) is 14.8. The Balaban J connectivity index is 1.32. The zero-order valence-electron chi connectivity index (χ0n) is 25.8. The molecule has 1 aliphatic carbocycles. The van der Waals surface area contributed by atoms with Gasteiger partial charge in [-0.05, 0) is 73.4 Å². The maximum absolute atomic E-state index is 14.9. The van der Waals surface area contributed by atoms with E-state index in [0.29, 0.717) is 24.6 Å². The maximum Gasteiger partial charge on any atom is 0.209 e. The van der Waals surface area contributed by atoms with E-state index in [1.54, 1.807) is 44.6 Å². The third-order valence-corrected chi connectivity index (χ3v) is 9.32. The summed E-state index contributed by atoms with van der Waals surface area (Å²) >= 11 is 0. The minimum absolute atomic E-state index is 0.0263. The predicted molar refractivity (Wildman–Crippen MR) is 167 cm³/mol. The number of aromatic nitrogens is 1. The summed E-state index contributed by atoms with van der Waals surface area (Å²) in [6.07, 6.45) is 6.01. The number of rotatable bonds is 13. The number of benzene rings is 2. The predicted octanol–water partition coefficient (Wildman–Crippen LogP) is 5.20. The number of halogens is 2. The zero-order chi connectivity index (χ0) is 32.0. The lowest BCUT2D eigenvalue weighted by atomic mass is 9.82. The summed E-state index contributed by atoms with van der Waals surface area (Å²) in [7, 11) is -0.377. The molecule has 1 saturated carbocycles. The summed E-state index contributed by atoms with van der Waals surface area (Å²) in [5.74, 6) is 0.606. The molecule has 2 aromatic carbocycles. The molecule has 244 valence electrons. The number of sulfonamides is 1. The van der Waals surface area contributed by atoms with Crippen LogP contribution in [0.3, 0.4) is 0 Å². The van der Waals surface area contributed by atoms with E-state index in [-0.39, 0.29) is 42.8 Å². The minimum Gasteiger partial charge on any atom is -0.497 e. The van der Waals surface area contributed by atoms with Crippen molar-refractivity contribution >= 4 is 15.8 Å². The molecule has 0 radical (unpaired) electrons. The standard InChI is InChI=1S/C33H41F2N3O6S/c1-41-20-26-16-30(37-45(3,39)40)31(21-43-28-13-9-23(10-14-28)24-5-4-6-25(34)15-24)38(26)33-17-32(29(35)18-36-33)44-19-22-7-11-27(42-2)12-8-22/h4-8,11-12,15,17-18,23,26,28,30-31,37H,9-10,13-14,16,19-21H2,1-3H3/t23-,26-,28+,30-,31-/m0/s1. The molecule has 1 aliphatic heterocycles. The SMILES string of the molecule is COC[C@@H]1C[C@H](NS(C)(=O)=O)[C@H](CO[C@H]2CC[C@@H](c3cccc(F)c3)CC2)N1c1cc(OCc2ccc(OC)cc2)c(F)cn1. The van der Waals surface area contributed by atoms with Gasteiger partial charge in [-0.15, -0.1) is 0 Å². The van der Waals surface area contributed by atoms with Crippen LogP contribution in [0.25, 0.3) is 0 Å². The number of hydrogen-bond acceptors (Lipinski definition) is 8. The maximum atomic E-state index is 14.9. The number of pyridine rings is 1. The molecule has 2 aliphatic rings. The molecule has 45 heavy (non-hydrogen) atoms. The van der Waals surface area contributed by atoms with Gasteiger partial charge in [0, 0.05) is 19.2 Å². The van der Waals surface area contributed by atoms with Gasteiger partial charge < -0.3 is 23.8 Å². The van der Waals surface area contributed by atoms with Crippen LogP contribution >= 0.6 is 0 Å². The lowest BCUT2D eigenvalue weighted by molar-refractivity contribution is 0.0152. The van der Waals surface area contributed by atoms with Gasteiger partial charge in [0.1, 0.15) is 24.0 Å². The number of methoxy groups -OCH3 is 2. The Labute approximate surface area is 263 Å². The molecule has 0 amide bonds. The normalized spacial score (nSPS) is 23.7. The fourth-order valence-corrected chi connectivity index (χ4v) is 7.23. The minimum atomic E-state index is -3.55. The van der Waals surface area contributed by atoms with Gasteiger partial charge in [-0.3, -0.25) is 0 Å². The van der Waals surface area contributed by atoms with Crippen molar-refractivity contribution < 1.29 is 36.1 Å². The Morgan fingerprint density at radius 2 is 1.76 bits per heavy atom. The van der Waals surface area contributed by atoms with E-state index in [2.05, 4.69) is 9.71 Å². The molecule has 3 atom stereocenters. The molecule has 1 N–H and O–H groups in total. The highest BCUT2D eigenvalue weighted by Gasteiger charge is 2.44. The Morgan fingerprint density at radius 3 is 2.42 bits per heavy atom. The average Bonchev–Trinajstić information content (AvgIpc) is 3.35. The number of hydrogen-bond donors (Lipinski definition) is 1. The summed E-state index contributed by atoms with van der Waals surface area (Å²) in [5.41, 5.74) is 1.84. The van der Waals surface area contributed by atoms with Crippen molar-refractivity contribution in [1.29, 1.82) is 0 Å². The summed E-state index contributed by atoms with van der Waals surface area (Å²) in [6, 6.07) is 14.4. The van der Waals surface area contributed by atoms with Crippen molar-refractivity contribution in [1.82, 2.24) is 9.71 Å². The van der Waals surface area contributed by atoms with E-state index >= 15 is 0 Å². The summed E-state index contributed by atoms with van der Waals surface area (Å²) in [5, 5.41) is 0. The van der Waals surface area contributed by atoms with E-state index in [9.17, 15) is 17.2 Å². The first-order valence-electron chi connectivity index (χ1n) is 15.2. The first-order chi connectivity index (χ1) is 21.6. The average molecular weight is 646 g/mol. The molecule has 1 saturated heterocycles. The van der Waals surface area contributed by atoms with Gasteiger partial charge in [-0.2, -0.15) is 0 Å². The number of anilines is 1. The van der Waals surface area contributed by atoms with Gasteiger partial charge in [-0.1, -0.05) is 24.3 Å². The molecular formula is C33H41F2N3O6S. The van der Waals surface area contributed by atoms with Crippen molar-refractivity contribution in [2.45, 2.75) is 68.9 Å². The van der Waals surface area contributed by atoms with Crippen LogP contribution in [0.15, 0.2) is 60.8 Å². The van der Waals surface area contributed by atoms with E-state index in [4.69, 9.17) is 18.9 Å². The molecule has 9 nitrogen and oxygen atoms in total. The fourth-order valence-electron chi connectivity index (χ4n) is 6.43.